The molecule has 1 aliphatic heterocycles. The first-order valence-electron chi connectivity index (χ1n) is 9.49. The van der Waals surface area contributed by atoms with Gasteiger partial charge in [-0.2, -0.15) is 10.2 Å². The van der Waals surface area contributed by atoms with E-state index in [9.17, 15) is 0 Å². The van der Waals surface area contributed by atoms with E-state index < -0.39 is 0 Å². The van der Waals surface area contributed by atoms with Crippen molar-refractivity contribution in [3.63, 3.8) is 0 Å². The molecule has 0 saturated heterocycles. The van der Waals surface area contributed by atoms with E-state index in [2.05, 4.69) is 66.0 Å². The van der Waals surface area contributed by atoms with Gasteiger partial charge in [0.25, 0.3) is 0 Å². The molecule has 140 valence electrons. The van der Waals surface area contributed by atoms with E-state index in [-0.39, 0.29) is 5.92 Å². The number of rotatable bonds is 3. The van der Waals surface area contributed by atoms with Crippen molar-refractivity contribution >= 4 is 28.0 Å². The number of fused-ring (bicyclic) bond motifs is 2. The smallest absolute Gasteiger partial charge is 0.116 e. The number of pyridine rings is 2. The Morgan fingerprint density at radius 2 is 1.90 bits per heavy atom. The SMILES string of the molecule is C1=NNCC1c1cc2c(-c3cc4c(-c5ccncc5)cccc4[nH]3)n[nH]c2cn1. The van der Waals surface area contributed by atoms with Crippen LogP contribution in [-0.2, 0) is 0 Å². The van der Waals surface area contributed by atoms with Crippen molar-refractivity contribution in [2.45, 2.75) is 5.92 Å². The summed E-state index contributed by atoms with van der Waals surface area (Å²) in [5.74, 6) is 0.183. The van der Waals surface area contributed by atoms with Gasteiger partial charge in [0.2, 0.25) is 0 Å². The topological polar surface area (TPSA) is 94.6 Å². The molecule has 7 heteroatoms. The second kappa shape index (κ2) is 6.27. The minimum atomic E-state index is 0.183. The minimum Gasteiger partial charge on any atom is -0.353 e. The van der Waals surface area contributed by atoms with Crippen molar-refractivity contribution in [3.05, 3.63) is 66.7 Å². The van der Waals surface area contributed by atoms with Crippen LogP contribution in [0.15, 0.2) is 66.2 Å². The highest BCUT2D eigenvalue weighted by Crippen LogP contribution is 2.34. The number of hydrogen-bond acceptors (Lipinski definition) is 5. The van der Waals surface area contributed by atoms with Gasteiger partial charge in [0.15, 0.2) is 0 Å². The fraction of sp³-hybridized carbons (Fsp3) is 0.0909. The van der Waals surface area contributed by atoms with Gasteiger partial charge in [-0.15, -0.1) is 0 Å². The van der Waals surface area contributed by atoms with Crippen molar-refractivity contribution in [1.82, 2.24) is 30.6 Å². The molecule has 7 nitrogen and oxygen atoms in total. The van der Waals surface area contributed by atoms with Crippen LogP contribution < -0.4 is 5.43 Å². The van der Waals surface area contributed by atoms with E-state index >= 15 is 0 Å². The minimum absolute atomic E-state index is 0.183. The quantitative estimate of drug-likeness (QED) is 0.444. The van der Waals surface area contributed by atoms with E-state index in [0.717, 1.165) is 51.0 Å². The number of aromatic amines is 2. The van der Waals surface area contributed by atoms with Crippen LogP contribution >= 0.6 is 0 Å². The maximum atomic E-state index is 4.58. The van der Waals surface area contributed by atoms with Crippen molar-refractivity contribution in [3.8, 4) is 22.5 Å². The summed E-state index contributed by atoms with van der Waals surface area (Å²) in [6, 6.07) is 14.6. The summed E-state index contributed by atoms with van der Waals surface area (Å²) in [6.45, 7) is 0.771. The van der Waals surface area contributed by atoms with Crippen molar-refractivity contribution in [1.29, 1.82) is 0 Å². The molecular weight excluding hydrogens is 362 g/mol. The molecule has 3 N–H and O–H groups in total. The van der Waals surface area contributed by atoms with Crippen molar-refractivity contribution in [2.24, 2.45) is 5.10 Å². The van der Waals surface area contributed by atoms with Crippen LogP contribution in [-0.4, -0.2) is 37.9 Å². The predicted molar refractivity (Wildman–Crippen MR) is 114 cm³/mol. The largest absolute Gasteiger partial charge is 0.353 e. The van der Waals surface area contributed by atoms with E-state index in [0.29, 0.717) is 0 Å². The van der Waals surface area contributed by atoms with Crippen LogP contribution in [0.4, 0.5) is 0 Å². The fourth-order valence-corrected chi connectivity index (χ4v) is 3.93. The molecule has 1 aromatic carbocycles. The molecule has 0 bridgehead atoms. The molecule has 1 atom stereocenters. The average molecular weight is 379 g/mol. The Labute approximate surface area is 165 Å². The number of hydrogen-bond donors (Lipinski definition) is 3. The third kappa shape index (κ3) is 2.59. The molecule has 0 aliphatic carbocycles. The average Bonchev–Trinajstić information content (AvgIpc) is 3.52. The lowest BCUT2D eigenvalue weighted by atomic mass is 10.0. The van der Waals surface area contributed by atoms with Crippen LogP contribution in [0.1, 0.15) is 11.6 Å². The number of H-pyrrole nitrogens is 2. The molecule has 1 aliphatic rings. The van der Waals surface area contributed by atoms with E-state index in [1.807, 2.05) is 36.9 Å². The molecule has 6 rings (SSSR count). The highest BCUT2D eigenvalue weighted by molar-refractivity contribution is 6.01. The van der Waals surface area contributed by atoms with Gasteiger partial charge in [0.1, 0.15) is 5.69 Å². The molecule has 0 saturated carbocycles. The van der Waals surface area contributed by atoms with Crippen molar-refractivity contribution < 1.29 is 0 Å². The lowest BCUT2D eigenvalue weighted by Crippen LogP contribution is -2.09. The summed E-state index contributed by atoms with van der Waals surface area (Å²) in [5.41, 5.74) is 10.2. The van der Waals surface area contributed by atoms with Gasteiger partial charge < -0.3 is 10.4 Å². The number of aromatic nitrogens is 5. The third-order valence-electron chi connectivity index (χ3n) is 5.42. The molecule has 0 amide bonds. The van der Waals surface area contributed by atoms with E-state index in [1.54, 1.807) is 0 Å². The number of nitrogens with one attached hydrogen (secondary N) is 3. The molecule has 0 spiro atoms. The molecule has 4 aromatic heterocycles. The number of hydrazone groups is 1. The van der Waals surface area contributed by atoms with Crippen LogP contribution in [0.2, 0.25) is 0 Å². The zero-order chi connectivity index (χ0) is 19.2. The van der Waals surface area contributed by atoms with Gasteiger partial charge in [-0.3, -0.25) is 15.1 Å². The molecule has 5 aromatic rings. The lowest BCUT2D eigenvalue weighted by molar-refractivity contribution is 0.752. The second-order valence-electron chi connectivity index (χ2n) is 7.16. The Kier molecular flexibility index (Phi) is 3.46. The normalized spacial score (nSPS) is 15.9. The summed E-state index contributed by atoms with van der Waals surface area (Å²) in [6.07, 6.45) is 7.38. The Hall–Kier alpha value is -4.00. The third-order valence-corrected chi connectivity index (χ3v) is 5.42. The first-order valence-corrected chi connectivity index (χ1v) is 9.49. The van der Waals surface area contributed by atoms with Crippen LogP contribution in [0, 0.1) is 0 Å². The maximum absolute atomic E-state index is 4.58. The summed E-state index contributed by atoms with van der Waals surface area (Å²) >= 11 is 0. The maximum Gasteiger partial charge on any atom is 0.116 e. The monoisotopic (exact) mass is 379 g/mol. The zero-order valence-corrected chi connectivity index (χ0v) is 15.4. The van der Waals surface area contributed by atoms with E-state index in [4.69, 9.17) is 0 Å². The summed E-state index contributed by atoms with van der Waals surface area (Å²) in [5, 5.41) is 14.0. The Balaban J connectivity index is 1.51. The highest BCUT2D eigenvalue weighted by Gasteiger charge is 2.18. The molecule has 5 heterocycles. The fourth-order valence-electron chi connectivity index (χ4n) is 3.93. The zero-order valence-electron chi connectivity index (χ0n) is 15.4. The lowest BCUT2D eigenvalue weighted by Gasteiger charge is -2.05. The van der Waals surface area contributed by atoms with Gasteiger partial charge in [-0.1, -0.05) is 12.1 Å². The summed E-state index contributed by atoms with van der Waals surface area (Å²) in [4.78, 5) is 12.2. The molecular formula is C22H17N7. The van der Waals surface area contributed by atoms with Gasteiger partial charge in [0.05, 0.1) is 29.0 Å². The Morgan fingerprint density at radius 1 is 0.966 bits per heavy atom. The standard InChI is InChI=1S/C22H17N7/c1-2-15(13-4-6-23-7-5-13)16-8-20(27-18(16)3-1)22-17-9-19(14-10-25-26-11-14)24-12-21(17)28-29-22/h1-10,12,14,26-27H,11H2,(H,28,29). The first-order chi connectivity index (χ1) is 14.4. The van der Waals surface area contributed by atoms with Gasteiger partial charge in [0, 0.05) is 41.4 Å². The summed E-state index contributed by atoms with van der Waals surface area (Å²) in [7, 11) is 0. The summed E-state index contributed by atoms with van der Waals surface area (Å²) < 4.78 is 0. The molecule has 0 radical (unpaired) electrons. The van der Waals surface area contributed by atoms with Gasteiger partial charge in [-0.05, 0) is 41.5 Å². The number of benzene rings is 1. The number of nitrogens with zero attached hydrogens (tertiary/aromatic N) is 4. The van der Waals surface area contributed by atoms with Gasteiger partial charge in [-0.25, -0.2) is 0 Å². The second-order valence-corrected chi connectivity index (χ2v) is 7.16. The Bertz CT molecular complexity index is 1360. The predicted octanol–water partition coefficient (Wildman–Crippen LogP) is 3.84. The van der Waals surface area contributed by atoms with E-state index in [1.165, 1.54) is 5.56 Å². The molecule has 29 heavy (non-hydrogen) atoms. The molecule has 0 fully saturated rings. The molecule has 1 unspecified atom stereocenters. The van der Waals surface area contributed by atoms with Crippen LogP contribution in [0.5, 0.6) is 0 Å². The van der Waals surface area contributed by atoms with Crippen LogP contribution in [0.25, 0.3) is 44.3 Å². The van der Waals surface area contributed by atoms with Gasteiger partial charge >= 0.3 is 0 Å². The first kappa shape index (κ1) is 16.0. The Morgan fingerprint density at radius 3 is 2.76 bits per heavy atom. The van der Waals surface area contributed by atoms with Crippen LogP contribution in [0.3, 0.4) is 0 Å². The van der Waals surface area contributed by atoms with Crippen molar-refractivity contribution in [2.75, 3.05) is 6.54 Å². The highest BCUT2D eigenvalue weighted by atomic mass is 15.3.